The summed E-state index contributed by atoms with van der Waals surface area (Å²) in [5.74, 6) is -2.40. The molecule has 0 spiro atoms. The summed E-state index contributed by atoms with van der Waals surface area (Å²) in [7, 11) is 4.12. The van der Waals surface area contributed by atoms with Crippen molar-refractivity contribution < 1.29 is 27.8 Å². The van der Waals surface area contributed by atoms with Crippen molar-refractivity contribution in [3.8, 4) is 0 Å². The normalized spacial score (nSPS) is 18.3. The van der Waals surface area contributed by atoms with Crippen LogP contribution in [0.4, 0.5) is 8.78 Å². The molecule has 208 valence electrons. The highest BCUT2D eigenvalue weighted by Crippen LogP contribution is 2.33. The van der Waals surface area contributed by atoms with Gasteiger partial charge in [0.2, 0.25) is 5.91 Å². The van der Waals surface area contributed by atoms with Crippen molar-refractivity contribution in [2.45, 2.75) is 37.6 Å². The molecule has 0 bridgehead atoms. The number of nitrogens with one attached hydrogen (secondary N) is 1. The summed E-state index contributed by atoms with van der Waals surface area (Å²) in [6.07, 6.45) is 3.07. The predicted molar refractivity (Wildman–Crippen MR) is 143 cm³/mol. The van der Waals surface area contributed by atoms with Crippen molar-refractivity contribution >= 4 is 17.9 Å². The molecule has 1 unspecified atom stereocenters. The van der Waals surface area contributed by atoms with E-state index in [1.807, 2.05) is 6.07 Å². The van der Waals surface area contributed by atoms with Crippen LogP contribution >= 0.6 is 0 Å². The smallest absolute Gasteiger partial charge is 0.340 e. The minimum Gasteiger partial charge on any atom is -0.468 e. The number of aliphatic imine (C=N–C) groups is 1. The van der Waals surface area contributed by atoms with Gasteiger partial charge in [0, 0.05) is 13.5 Å². The van der Waals surface area contributed by atoms with Crippen LogP contribution in [0.2, 0.25) is 0 Å². The highest BCUT2D eigenvalue weighted by molar-refractivity contribution is 5.95. The SMILES string of the molecule is COC(=O)C1=C(N(C)C(=O)CCCN2CCC(c3ccccc3)CC2)NC(OC)=NC1c1ccc(F)c(F)c1. The molecular weight excluding hydrogens is 506 g/mol. The van der Waals surface area contributed by atoms with Crippen molar-refractivity contribution in [2.24, 2.45) is 4.99 Å². The number of likely N-dealkylation sites (tertiary alicyclic amines) is 1. The minimum atomic E-state index is -1.08. The number of amides is 1. The van der Waals surface area contributed by atoms with Gasteiger partial charge in [-0.05, 0) is 68.1 Å². The Balaban J connectivity index is 1.43. The molecular formula is C29H34F2N4O4. The number of halogens is 2. The van der Waals surface area contributed by atoms with Gasteiger partial charge in [-0.25, -0.2) is 18.6 Å². The third-order valence-corrected chi connectivity index (χ3v) is 7.29. The zero-order valence-electron chi connectivity index (χ0n) is 22.5. The molecule has 39 heavy (non-hydrogen) atoms. The van der Waals surface area contributed by atoms with E-state index in [0.717, 1.165) is 44.6 Å². The standard InChI is InChI=1S/C29H34F2N4O4/c1-34(24(36)10-7-15-35-16-13-20(14-17-35)19-8-5-4-6-9-19)27-25(28(37)38-2)26(32-29(33-27)39-3)21-11-12-22(30)23(31)18-21/h4-6,8-9,11-12,18,20,26H,7,10,13-17H2,1-3H3,(H,32,33). The molecule has 1 fully saturated rings. The number of carbonyl (C=O) groups is 2. The summed E-state index contributed by atoms with van der Waals surface area (Å²) in [6, 6.07) is 12.8. The van der Waals surface area contributed by atoms with Gasteiger partial charge in [0.05, 0.1) is 14.2 Å². The van der Waals surface area contributed by atoms with Gasteiger partial charge in [-0.15, -0.1) is 0 Å². The molecule has 2 aliphatic heterocycles. The molecule has 2 aromatic carbocycles. The summed E-state index contributed by atoms with van der Waals surface area (Å²) in [5, 5.41) is 2.87. The lowest BCUT2D eigenvalue weighted by molar-refractivity contribution is -0.136. The average molecular weight is 541 g/mol. The summed E-state index contributed by atoms with van der Waals surface area (Å²) < 4.78 is 37.8. The summed E-state index contributed by atoms with van der Waals surface area (Å²) in [5.41, 5.74) is 1.58. The van der Waals surface area contributed by atoms with E-state index >= 15 is 0 Å². The Bertz CT molecular complexity index is 1240. The van der Waals surface area contributed by atoms with Gasteiger partial charge >= 0.3 is 5.97 Å². The molecule has 4 rings (SSSR count). The van der Waals surface area contributed by atoms with Crippen LogP contribution in [0, 0.1) is 11.6 Å². The molecule has 2 aliphatic rings. The highest BCUT2D eigenvalue weighted by atomic mass is 19.2. The molecule has 10 heteroatoms. The summed E-state index contributed by atoms with van der Waals surface area (Å²) >= 11 is 0. The second-order valence-corrected chi connectivity index (χ2v) is 9.68. The van der Waals surface area contributed by atoms with E-state index in [1.165, 1.54) is 30.7 Å². The van der Waals surface area contributed by atoms with Gasteiger partial charge in [0.15, 0.2) is 11.6 Å². The van der Waals surface area contributed by atoms with Gasteiger partial charge in [-0.2, -0.15) is 0 Å². The monoisotopic (exact) mass is 540 g/mol. The lowest BCUT2D eigenvalue weighted by atomic mass is 9.89. The number of nitrogens with zero attached hydrogens (tertiary/aromatic N) is 3. The van der Waals surface area contributed by atoms with Crippen molar-refractivity contribution in [2.75, 3.05) is 40.9 Å². The maximum absolute atomic E-state index is 14.0. The number of piperidine rings is 1. The van der Waals surface area contributed by atoms with E-state index in [4.69, 9.17) is 9.47 Å². The van der Waals surface area contributed by atoms with Crippen molar-refractivity contribution in [3.05, 3.63) is 82.7 Å². The predicted octanol–water partition coefficient (Wildman–Crippen LogP) is 4.11. The number of ether oxygens (including phenoxy) is 2. The van der Waals surface area contributed by atoms with Gasteiger partial charge in [0.25, 0.3) is 6.02 Å². The molecule has 1 N–H and O–H groups in total. The van der Waals surface area contributed by atoms with Gasteiger partial charge < -0.3 is 19.3 Å². The van der Waals surface area contributed by atoms with Gasteiger partial charge in [0.1, 0.15) is 17.4 Å². The number of hydrogen-bond donors (Lipinski definition) is 1. The maximum atomic E-state index is 14.0. The first-order valence-corrected chi connectivity index (χ1v) is 13.0. The maximum Gasteiger partial charge on any atom is 0.340 e. The first-order chi connectivity index (χ1) is 18.8. The first kappa shape index (κ1) is 28.2. The summed E-state index contributed by atoms with van der Waals surface area (Å²) in [6.45, 7) is 2.75. The molecule has 2 heterocycles. The third kappa shape index (κ3) is 6.62. The lowest BCUT2D eigenvalue weighted by Gasteiger charge is -2.32. The van der Waals surface area contributed by atoms with E-state index in [1.54, 1.807) is 7.05 Å². The molecule has 8 nitrogen and oxygen atoms in total. The molecule has 1 atom stereocenters. The molecule has 0 saturated carbocycles. The van der Waals surface area contributed by atoms with Crippen LogP contribution in [0.3, 0.4) is 0 Å². The number of esters is 1. The Morgan fingerprint density at radius 1 is 1.05 bits per heavy atom. The van der Waals surface area contributed by atoms with E-state index in [9.17, 15) is 18.4 Å². The van der Waals surface area contributed by atoms with Crippen molar-refractivity contribution in [1.29, 1.82) is 0 Å². The van der Waals surface area contributed by atoms with Crippen molar-refractivity contribution in [3.63, 3.8) is 0 Å². The topological polar surface area (TPSA) is 83.5 Å². The fraction of sp³-hybridized carbons (Fsp3) is 0.414. The van der Waals surface area contributed by atoms with E-state index in [0.29, 0.717) is 12.3 Å². The van der Waals surface area contributed by atoms with Crippen LogP contribution in [-0.4, -0.2) is 68.6 Å². The number of methoxy groups -OCH3 is 2. The number of carbonyl (C=O) groups excluding carboxylic acids is 2. The van der Waals surface area contributed by atoms with Gasteiger partial charge in [-0.1, -0.05) is 36.4 Å². The Hall–Kier alpha value is -3.79. The summed E-state index contributed by atoms with van der Waals surface area (Å²) in [4.78, 5) is 34.1. The molecule has 0 radical (unpaired) electrons. The third-order valence-electron chi connectivity index (χ3n) is 7.29. The Morgan fingerprint density at radius 3 is 2.41 bits per heavy atom. The van der Waals surface area contributed by atoms with Crippen LogP contribution in [0.25, 0.3) is 0 Å². The van der Waals surface area contributed by atoms with E-state index < -0.39 is 23.6 Å². The molecule has 1 amide bonds. The zero-order valence-corrected chi connectivity index (χ0v) is 22.5. The molecule has 0 aromatic heterocycles. The molecule has 1 saturated heterocycles. The van der Waals surface area contributed by atoms with Gasteiger partial charge in [-0.3, -0.25) is 10.1 Å². The highest BCUT2D eigenvalue weighted by Gasteiger charge is 2.35. The second kappa shape index (κ2) is 12.8. The van der Waals surface area contributed by atoms with E-state index in [2.05, 4.69) is 39.5 Å². The fourth-order valence-electron chi connectivity index (χ4n) is 5.08. The van der Waals surface area contributed by atoms with Crippen LogP contribution in [-0.2, 0) is 19.1 Å². The average Bonchev–Trinajstić information content (AvgIpc) is 2.97. The number of hydrogen-bond acceptors (Lipinski definition) is 7. The fourth-order valence-corrected chi connectivity index (χ4v) is 5.08. The molecule has 0 aliphatic carbocycles. The number of rotatable bonds is 8. The zero-order chi connectivity index (χ0) is 27.9. The largest absolute Gasteiger partial charge is 0.468 e. The van der Waals surface area contributed by atoms with Crippen LogP contribution < -0.4 is 5.32 Å². The Morgan fingerprint density at radius 2 is 1.77 bits per heavy atom. The van der Waals surface area contributed by atoms with Crippen LogP contribution in [0.5, 0.6) is 0 Å². The quantitative estimate of drug-likeness (QED) is 0.508. The van der Waals surface area contributed by atoms with Crippen LogP contribution in [0.1, 0.15) is 48.8 Å². The van der Waals surface area contributed by atoms with Crippen LogP contribution in [0.15, 0.2) is 64.9 Å². The lowest BCUT2D eigenvalue weighted by Crippen LogP contribution is -2.43. The minimum absolute atomic E-state index is 0.0110. The number of benzene rings is 2. The molecule has 2 aromatic rings. The second-order valence-electron chi connectivity index (χ2n) is 9.68. The van der Waals surface area contributed by atoms with E-state index in [-0.39, 0.29) is 35.3 Å². The number of amidine groups is 1. The van der Waals surface area contributed by atoms with Crippen molar-refractivity contribution in [1.82, 2.24) is 15.1 Å². The Kier molecular flexibility index (Phi) is 9.29. The Labute approximate surface area is 227 Å². The first-order valence-electron chi connectivity index (χ1n) is 13.0.